The SMILES string of the molecule is Cc1sc2nc(CN3CCCCC3)[nH]c(=O)c2c1C. The Labute approximate surface area is 116 Å². The number of aromatic nitrogens is 2. The fourth-order valence-electron chi connectivity index (χ4n) is 2.70. The molecule has 0 unspecified atom stereocenters. The first-order valence-electron chi connectivity index (χ1n) is 6.86. The molecule has 1 N–H and O–H groups in total. The number of piperidine rings is 1. The van der Waals surface area contributed by atoms with Crippen molar-refractivity contribution in [1.82, 2.24) is 14.9 Å². The molecule has 0 bridgehead atoms. The molecule has 0 atom stereocenters. The average Bonchev–Trinajstić information content (AvgIpc) is 2.66. The zero-order chi connectivity index (χ0) is 13.4. The quantitative estimate of drug-likeness (QED) is 0.918. The molecule has 0 amide bonds. The van der Waals surface area contributed by atoms with Crippen molar-refractivity contribution in [3.63, 3.8) is 0 Å². The summed E-state index contributed by atoms with van der Waals surface area (Å²) in [6.45, 7) is 7.04. The lowest BCUT2D eigenvalue weighted by atomic mass is 10.1. The van der Waals surface area contributed by atoms with Crippen LogP contribution in [-0.2, 0) is 6.54 Å². The number of hydrogen-bond donors (Lipinski definition) is 1. The van der Waals surface area contributed by atoms with E-state index < -0.39 is 0 Å². The third-order valence-electron chi connectivity index (χ3n) is 3.91. The number of rotatable bonds is 2. The normalized spacial score (nSPS) is 17.2. The number of aromatic amines is 1. The predicted molar refractivity (Wildman–Crippen MR) is 78.8 cm³/mol. The lowest BCUT2D eigenvalue weighted by molar-refractivity contribution is 0.216. The summed E-state index contributed by atoms with van der Waals surface area (Å²) < 4.78 is 0. The van der Waals surface area contributed by atoms with Gasteiger partial charge in [0.15, 0.2) is 0 Å². The van der Waals surface area contributed by atoms with Crippen molar-refractivity contribution < 1.29 is 0 Å². The summed E-state index contributed by atoms with van der Waals surface area (Å²) >= 11 is 1.62. The lowest BCUT2D eigenvalue weighted by Gasteiger charge is -2.25. The van der Waals surface area contributed by atoms with Crippen LogP contribution in [0.4, 0.5) is 0 Å². The largest absolute Gasteiger partial charge is 0.309 e. The van der Waals surface area contributed by atoms with Crippen LogP contribution in [0.25, 0.3) is 10.2 Å². The fraction of sp³-hybridized carbons (Fsp3) is 0.571. The summed E-state index contributed by atoms with van der Waals surface area (Å²) in [4.78, 5) is 24.2. The van der Waals surface area contributed by atoms with Gasteiger partial charge in [-0.15, -0.1) is 11.3 Å². The minimum absolute atomic E-state index is 0.0128. The molecule has 0 aromatic carbocycles. The van der Waals surface area contributed by atoms with Crippen molar-refractivity contribution in [2.45, 2.75) is 39.7 Å². The van der Waals surface area contributed by atoms with Gasteiger partial charge in [0.25, 0.3) is 5.56 Å². The van der Waals surface area contributed by atoms with Crippen LogP contribution in [-0.4, -0.2) is 28.0 Å². The summed E-state index contributed by atoms with van der Waals surface area (Å²) in [5, 5.41) is 0.768. The molecule has 2 aromatic heterocycles. The Morgan fingerprint density at radius 2 is 2.00 bits per heavy atom. The van der Waals surface area contributed by atoms with E-state index in [2.05, 4.69) is 14.9 Å². The van der Waals surface area contributed by atoms with Crippen LogP contribution >= 0.6 is 11.3 Å². The molecule has 0 spiro atoms. The molecule has 19 heavy (non-hydrogen) atoms. The number of nitrogens with one attached hydrogen (secondary N) is 1. The maximum atomic E-state index is 12.2. The highest BCUT2D eigenvalue weighted by atomic mass is 32.1. The van der Waals surface area contributed by atoms with Gasteiger partial charge < -0.3 is 4.98 Å². The van der Waals surface area contributed by atoms with E-state index in [0.717, 1.165) is 41.2 Å². The van der Waals surface area contributed by atoms with Gasteiger partial charge in [-0.05, 0) is 45.3 Å². The number of aryl methyl sites for hydroxylation is 2. The Hall–Kier alpha value is -1.20. The third-order valence-corrected chi connectivity index (χ3v) is 5.01. The first-order chi connectivity index (χ1) is 9.15. The number of nitrogens with zero attached hydrogens (tertiary/aromatic N) is 2. The highest BCUT2D eigenvalue weighted by Crippen LogP contribution is 2.25. The Morgan fingerprint density at radius 1 is 1.26 bits per heavy atom. The van der Waals surface area contributed by atoms with Gasteiger partial charge in [0.2, 0.25) is 0 Å². The van der Waals surface area contributed by atoms with Gasteiger partial charge in [0.05, 0.1) is 11.9 Å². The van der Waals surface area contributed by atoms with E-state index >= 15 is 0 Å². The van der Waals surface area contributed by atoms with E-state index in [9.17, 15) is 4.79 Å². The van der Waals surface area contributed by atoms with Crippen molar-refractivity contribution in [1.29, 1.82) is 0 Å². The molecule has 3 rings (SSSR count). The van der Waals surface area contributed by atoms with Gasteiger partial charge in [-0.25, -0.2) is 4.98 Å². The van der Waals surface area contributed by atoms with Crippen LogP contribution < -0.4 is 5.56 Å². The second-order valence-corrected chi connectivity index (χ2v) is 6.52. The van der Waals surface area contributed by atoms with Gasteiger partial charge in [-0.2, -0.15) is 0 Å². The van der Waals surface area contributed by atoms with Crippen molar-refractivity contribution >= 4 is 21.6 Å². The van der Waals surface area contributed by atoms with Gasteiger partial charge in [0.1, 0.15) is 10.7 Å². The minimum atomic E-state index is 0.0128. The number of likely N-dealkylation sites (tertiary alicyclic amines) is 1. The second-order valence-electron chi connectivity index (χ2n) is 5.31. The summed E-state index contributed by atoms with van der Waals surface area (Å²) in [6, 6.07) is 0. The van der Waals surface area contributed by atoms with E-state index in [1.54, 1.807) is 11.3 Å². The van der Waals surface area contributed by atoms with Crippen LogP contribution in [0, 0.1) is 13.8 Å². The van der Waals surface area contributed by atoms with Crippen LogP contribution in [0.15, 0.2) is 4.79 Å². The monoisotopic (exact) mass is 277 g/mol. The molecule has 4 nitrogen and oxygen atoms in total. The standard InChI is InChI=1S/C14H19N3OS/c1-9-10(2)19-14-12(9)13(18)15-11(16-14)8-17-6-4-3-5-7-17/h3-8H2,1-2H3,(H,15,16,18). The first kappa shape index (κ1) is 12.8. The Balaban J connectivity index is 1.94. The molecule has 5 heteroatoms. The topological polar surface area (TPSA) is 49.0 Å². The summed E-state index contributed by atoms with van der Waals surface area (Å²) in [6.07, 6.45) is 3.83. The van der Waals surface area contributed by atoms with E-state index in [1.165, 1.54) is 24.1 Å². The van der Waals surface area contributed by atoms with E-state index in [-0.39, 0.29) is 5.56 Å². The molecule has 1 aliphatic rings. The maximum Gasteiger partial charge on any atom is 0.259 e. The molecule has 0 aliphatic carbocycles. The fourth-order valence-corrected chi connectivity index (χ4v) is 3.75. The summed E-state index contributed by atoms with van der Waals surface area (Å²) in [7, 11) is 0. The predicted octanol–water partition coefficient (Wildman–Crippen LogP) is 2.59. The van der Waals surface area contributed by atoms with Gasteiger partial charge in [0, 0.05) is 4.88 Å². The van der Waals surface area contributed by atoms with Crippen molar-refractivity contribution in [3.05, 3.63) is 26.6 Å². The Kier molecular flexibility index (Phi) is 3.41. The van der Waals surface area contributed by atoms with Crippen molar-refractivity contribution in [2.75, 3.05) is 13.1 Å². The molecule has 3 heterocycles. The van der Waals surface area contributed by atoms with Gasteiger partial charge in [-0.3, -0.25) is 9.69 Å². The van der Waals surface area contributed by atoms with E-state index in [4.69, 9.17) is 0 Å². The average molecular weight is 277 g/mol. The number of thiophene rings is 1. The van der Waals surface area contributed by atoms with Gasteiger partial charge >= 0.3 is 0 Å². The summed E-state index contributed by atoms with van der Waals surface area (Å²) in [5.74, 6) is 0.806. The Bertz CT molecular complexity index is 652. The van der Waals surface area contributed by atoms with Gasteiger partial charge in [-0.1, -0.05) is 6.42 Å². The zero-order valence-corrected chi connectivity index (χ0v) is 12.3. The molecule has 1 aliphatic heterocycles. The molecule has 1 saturated heterocycles. The number of fused-ring (bicyclic) bond motifs is 1. The highest BCUT2D eigenvalue weighted by Gasteiger charge is 2.15. The van der Waals surface area contributed by atoms with Crippen molar-refractivity contribution in [2.24, 2.45) is 0 Å². The molecule has 0 saturated carbocycles. The van der Waals surface area contributed by atoms with Crippen LogP contribution in [0.5, 0.6) is 0 Å². The molecular weight excluding hydrogens is 258 g/mol. The third kappa shape index (κ3) is 2.44. The van der Waals surface area contributed by atoms with E-state index in [0.29, 0.717) is 0 Å². The molecule has 0 radical (unpaired) electrons. The Morgan fingerprint density at radius 3 is 2.74 bits per heavy atom. The minimum Gasteiger partial charge on any atom is -0.309 e. The number of H-pyrrole nitrogens is 1. The second kappa shape index (κ2) is 5.06. The lowest BCUT2D eigenvalue weighted by Crippen LogP contribution is -2.30. The maximum absolute atomic E-state index is 12.2. The van der Waals surface area contributed by atoms with Crippen LogP contribution in [0.3, 0.4) is 0 Å². The molecular formula is C14H19N3OS. The van der Waals surface area contributed by atoms with Crippen LogP contribution in [0.1, 0.15) is 35.5 Å². The molecule has 2 aromatic rings. The highest BCUT2D eigenvalue weighted by molar-refractivity contribution is 7.18. The van der Waals surface area contributed by atoms with Crippen LogP contribution in [0.2, 0.25) is 0 Å². The zero-order valence-electron chi connectivity index (χ0n) is 11.5. The molecule has 1 fully saturated rings. The smallest absolute Gasteiger partial charge is 0.259 e. The summed E-state index contributed by atoms with van der Waals surface area (Å²) in [5.41, 5.74) is 1.08. The first-order valence-corrected chi connectivity index (χ1v) is 7.68. The van der Waals surface area contributed by atoms with E-state index in [1.807, 2.05) is 13.8 Å². The van der Waals surface area contributed by atoms with Crippen molar-refractivity contribution in [3.8, 4) is 0 Å². The number of hydrogen-bond acceptors (Lipinski definition) is 4. The molecule has 102 valence electrons.